The number of halogens is 3. The standard InChI is InChI=1S/C29H30F3N2O3/c30-24-11-10-21(18-26(24)32)19-33(27-9-5-4-8-25(27)31)29(35)37-28-20-34(14-12-22(28)13-15-34)16-17-36-23-6-2-1-3-7-23/h1-11,18,22,28H,12-17,19-20H2/q+1/t22?,28-,34?/m0/s1. The maximum absolute atomic E-state index is 14.7. The Balaban J connectivity index is 1.29. The molecule has 194 valence electrons. The second-order valence-electron chi connectivity index (χ2n) is 9.90. The van der Waals surface area contributed by atoms with Crippen LogP contribution in [0.25, 0.3) is 0 Å². The Bertz CT molecular complexity index is 1230. The van der Waals surface area contributed by atoms with Crippen LogP contribution in [0.2, 0.25) is 0 Å². The molecule has 0 spiro atoms. The molecule has 37 heavy (non-hydrogen) atoms. The number of piperidine rings is 3. The molecule has 3 saturated heterocycles. The summed E-state index contributed by atoms with van der Waals surface area (Å²) in [5.74, 6) is -1.54. The van der Waals surface area contributed by atoms with E-state index in [1.807, 2.05) is 30.3 Å². The summed E-state index contributed by atoms with van der Waals surface area (Å²) in [4.78, 5) is 14.6. The quantitative estimate of drug-likeness (QED) is 0.352. The van der Waals surface area contributed by atoms with Crippen LogP contribution in [-0.2, 0) is 11.3 Å². The minimum Gasteiger partial charge on any atom is -0.488 e. The van der Waals surface area contributed by atoms with Gasteiger partial charge in [-0.2, -0.15) is 0 Å². The van der Waals surface area contributed by atoms with Crippen LogP contribution < -0.4 is 9.64 Å². The van der Waals surface area contributed by atoms with E-state index in [1.165, 1.54) is 24.3 Å². The maximum atomic E-state index is 14.7. The van der Waals surface area contributed by atoms with Crippen molar-refractivity contribution in [3.63, 3.8) is 0 Å². The Morgan fingerprint density at radius 1 is 0.892 bits per heavy atom. The zero-order valence-corrected chi connectivity index (χ0v) is 20.5. The average molecular weight is 512 g/mol. The number of benzene rings is 3. The number of carbonyl (C=O) groups is 1. The van der Waals surface area contributed by atoms with Gasteiger partial charge in [-0.15, -0.1) is 0 Å². The van der Waals surface area contributed by atoms with Crippen LogP contribution in [0.15, 0.2) is 72.8 Å². The summed E-state index contributed by atoms with van der Waals surface area (Å²) in [6, 6.07) is 18.9. The number of carbonyl (C=O) groups excluding carboxylic acids is 1. The SMILES string of the molecule is O=C(O[C@H]1C[N+]2(CCOc3ccccc3)CCC1CC2)N(Cc1ccc(F)c(F)c1)c1ccccc1F. The van der Waals surface area contributed by atoms with Gasteiger partial charge >= 0.3 is 6.09 Å². The second-order valence-corrected chi connectivity index (χ2v) is 9.90. The molecule has 2 bridgehead atoms. The van der Waals surface area contributed by atoms with Crippen molar-refractivity contribution in [1.82, 2.24) is 0 Å². The normalized spacial score (nSPS) is 22.5. The Labute approximate surface area is 214 Å². The zero-order chi connectivity index (χ0) is 25.8. The molecule has 3 aromatic rings. The van der Waals surface area contributed by atoms with Crippen molar-refractivity contribution in [2.45, 2.75) is 25.5 Å². The third-order valence-electron chi connectivity index (χ3n) is 7.56. The van der Waals surface area contributed by atoms with Crippen LogP contribution in [0, 0.1) is 23.4 Å². The van der Waals surface area contributed by atoms with Crippen molar-refractivity contribution in [2.24, 2.45) is 5.92 Å². The Hall–Kier alpha value is -3.52. The fraction of sp³-hybridized carbons (Fsp3) is 0.345. The molecule has 1 amide bonds. The van der Waals surface area contributed by atoms with Crippen LogP contribution >= 0.6 is 0 Å². The van der Waals surface area contributed by atoms with Gasteiger partial charge in [-0.25, -0.2) is 18.0 Å². The first kappa shape index (κ1) is 25.1. The number of quaternary nitrogens is 1. The molecule has 0 N–H and O–H groups in total. The highest BCUT2D eigenvalue weighted by atomic mass is 19.2. The maximum Gasteiger partial charge on any atom is 0.415 e. The van der Waals surface area contributed by atoms with E-state index in [0.717, 1.165) is 59.7 Å². The highest BCUT2D eigenvalue weighted by Crippen LogP contribution is 2.36. The molecule has 6 rings (SSSR count). The number of hydrogen-bond donors (Lipinski definition) is 0. The molecule has 8 heteroatoms. The molecule has 0 unspecified atom stereocenters. The molecule has 1 atom stereocenters. The summed E-state index contributed by atoms with van der Waals surface area (Å²) >= 11 is 0. The number of fused-ring (bicyclic) bond motifs is 3. The first-order chi connectivity index (χ1) is 17.9. The first-order valence-electron chi connectivity index (χ1n) is 12.6. The van der Waals surface area contributed by atoms with Gasteiger partial charge in [0, 0.05) is 18.8 Å². The van der Waals surface area contributed by atoms with Crippen LogP contribution in [-0.4, -0.2) is 49.5 Å². The molecule has 3 fully saturated rings. The van der Waals surface area contributed by atoms with Gasteiger partial charge in [-0.1, -0.05) is 36.4 Å². The Morgan fingerprint density at radius 2 is 1.62 bits per heavy atom. The number of nitrogens with zero attached hydrogens (tertiary/aromatic N) is 2. The summed E-state index contributed by atoms with van der Waals surface area (Å²) in [6.07, 6.45) is 0.858. The minimum absolute atomic E-state index is 0.0265. The largest absolute Gasteiger partial charge is 0.488 e. The Morgan fingerprint density at radius 3 is 2.35 bits per heavy atom. The molecule has 3 aliphatic rings. The lowest BCUT2D eigenvalue weighted by atomic mass is 9.83. The van der Waals surface area contributed by atoms with E-state index in [2.05, 4.69) is 0 Å². The molecule has 0 radical (unpaired) electrons. The molecule has 3 aliphatic heterocycles. The lowest BCUT2D eigenvalue weighted by Gasteiger charge is -2.52. The van der Waals surface area contributed by atoms with Crippen LogP contribution in [0.4, 0.5) is 23.7 Å². The number of hydrogen-bond acceptors (Lipinski definition) is 3. The highest BCUT2D eigenvalue weighted by Gasteiger charge is 2.48. The third-order valence-corrected chi connectivity index (χ3v) is 7.56. The molecule has 0 saturated carbocycles. The van der Waals surface area contributed by atoms with E-state index < -0.39 is 23.5 Å². The van der Waals surface area contributed by atoms with Gasteiger partial charge in [0.25, 0.3) is 0 Å². The fourth-order valence-electron chi connectivity index (χ4n) is 5.48. The zero-order valence-electron chi connectivity index (χ0n) is 20.5. The highest BCUT2D eigenvalue weighted by molar-refractivity contribution is 5.87. The van der Waals surface area contributed by atoms with E-state index in [1.54, 1.807) is 6.07 Å². The van der Waals surface area contributed by atoms with E-state index in [-0.39, 0.29) is 24.3 Å². The monoisotopic (exact) mass is 511 g/mol. The summed E-state index contributed by atoms with van der Waals surface area (Å²) in [6.45, 7) is 3.89. The molecular formula is C29H30F3N2O3+. The molecule has 3 heterocycles. The predicted octanol–water partition coefficient (Wildman–Crippen LogP) is 5.94. The van der Waals surface area contributed by atoms with Crippen LogP contribution in [0.5, 0.6) is 5.75 Å². The Kier molecular flexibility index (Phi) is 7.37. The van der Waals surface area contributed by atoms with Gasteiger partial charge in [0.05, 0.1) is 25.3 Å². The van der Waals surface area contributed by atoms with E-state index in [4.69, 9.17) is 9.47 Å². The molecule has 3 aromatic carbocycles. The van der Waals surface area contributed by atoms with Crippen molar-refractivity contribution in [1.29, 1.82) is 0 Å². The smallest absolute Gasteiger partial charge is 0.415 e. The number of anilines is 1. The van der Waals surface area contributed by atoms with E-state index >= 15 is 0 Å². The molecule has 5 nitrogen and oxygen atoms in total. The van der Waals surface area contributed by atoms with Crippen molar-refractivity contribution in [3.8, 4) is 5.75 Å². The topological polar surface area (TPSA) is 38.8 Å². The summed E-state index contributed by atoms with van der Waals surface area (Å²) in [7, 11) is 0. The van der Waals surface area contributed by atoms with Crippen LogP contribution in [0.1, 0.15) is 18.4 Å². The number of ether oxygens (including phenoxy) is 2. The lowest BCUT2D eigenvalue weighted by molar-refractivity contribution is -0.946. The second kappa shape index (κ2) is 10.8. The molecule has 0 aliphatic carbocycles. The fourth-order valence-corrected chi connectivity index (χ4v) is 5.48. The summed E-state index contributed by atoms with van der Waals surface area (Å²) in [5.41, 5.74) is 0.355. The van der Waals surface area contributed by atoms with Crippen molar-refractivity contribution in [3.05, 3.63) is 95.8 Å². The number of amides is 1. The number of rotatable bonds is 8. The molecule has 0 aromatic heterocycles. The van der Waals surface area contributed by atoms with Crippen molar-refractivity contribution >= 4 is 11.8 Å². The third kappa shape index (κ3) is 5.74. The lowest BCUT2D eigenvalue weighted by Crippen LogP contribution is -2.65. The molecular weight excluding hydrogens is 481 g/mol. The number of para-hydroxylation sites is 2. The van der Waals surface area contributed by atoms with E-state index in [9.17, 15) is 18.0 Å². The van der Waals surface area contributed by atoms with Gasteiger partial charge < -0.3 is 14.0 Å². The van der Waals surface area contributed by atoms with Gasteiger partial charge in [-0.05, 0) is 42.0 Å². The average Bonchev–Trinajstić information content (AvgIpc) is 2.91. The summed E-state index contributed by atoms with van der Waals surface area (Å²) in [5, 5.41) is 0. The van der Waals surface area contributed by atoms with Gasteiger partial charge in [0.15, 0.2) is 17.7 Å². The van der Waals surface area contributed by atoms with E-state index in [0.29, 0.717) is 18.7 Å². The van der Waals surface area contributed by atoms with Crippen molar-refractivity contribution < 1.29 is 31.9 Å². The minimum atomic E-state index is -1.03. The summed E-state index contributed by atoms with van der Waals surface area (Å²) < 4.78 is 54.8. The van der Waals surface area contributed by atoms with Gasteiger partial charge in [0.2, 0.25) is 0 Å². The van der Waals surface area contributed by atoms with Gasteiger partial charge in [0.1, 0.15) is 31.3 Å². The van der Waals surface area contributed by atoms with Gasteiger partial charge in [-0.3, -0.25) is 4.90 Å². The first-order valence-corrected chi connectivity index (χ1v) is 12.6. The predicted molar refractivity (Wildman–Crippen MR) is 134 cm³/mol. The van der Waals surface area contributed by atoms with Crippen LogP contribution in [0.3, 0.4) is 0 Å². The van der Waals surface area contributed by atoms with Crippen molar-refractivity contribution in [2.75, 3.05) is 37.7 Å².